The average Bonchev–Trinajstić information content (AvgIpc) is 3.26. The molecule has 2 aromatic heterocycles. The summed E-state index contributed by atoms with van der Waals surface area (Å²) in [4.78, 5) is 9.85. The van der Waals surface area contributed by atoms with Crippen LogP contribution in [0.2, 0.25) is 5.02 Å². The Kier molecular flexibility index (Phi) is 7.51. The van der Waals surface area contributed by atoms with Crippen LogP contribution in [-0.2, 0) is 12.7 Å². The molecular weight excluding hydrogens is 499 g/mol. The van der Waals surface area contributed by atoms with E-state index in [9.17, 15) is 13.2 Å². The number of thiocarbonyl (C=S) groups is 1. The predicted molar refractivity (Wildman–Crippen MR) is 134 cm³/mol. The first-order valence-corrected chi connectivity index (χ1v) is 12.0. The van der Waals surface area contributed by atoms with E-state index in [2.05, 4.69) is 34.4 Å². The second-order valence-corrected chi connectivity index (χ2v) is 9.71. The summed E-state index contributed by atoms with van der Waals surface area (Å²) in [5.74, 6) is 1.99. The van der Waals surface area contributed by atoms with Crippen molar-refractivity contribution in [1.29, 1.82) is 0 Å². The van der Waals surface area contributed by atoms with Crippen LogP contribution in [0.15, 0.2) is 46.9 Å². The van der Waals surface area contributed by atoms with Gasteiger partial charge in [-0.3, -0.25) is 0 Å². The van der Waals surface area contributed by atoms with Gasteiger partial charge in [-0.05, 0) is 66.9 Å². The first-order chi connectivity index (χ1) is 16.6. The van der Waals surface area contributed by atoms with Crippen LogP contribution in [0.1, 0.15) is 31.7 Å². The zero-order valence-corrected chi connectivity index (χ0v) is 20.8. The molecule has 6 nitrogen and oxygen atoms in total. The zero-order chi connectivity index (χ0) is 25.2. The fourth-order valence-electron chi connectivity index (χ4n) is 4.20. The molecule has 1 aliphatic heterocycles. The van der Waals surface area contributed by atoms with Gasteiger partial charge in [-0.15, -0.1) is 0 Å². The van der Waals surface area contributed by atoms with Crippen LogP contribution in [0.4, 0.5) is 24.9 Å². The maximum Gasteiger partial charge on any atom is 0.433 e. The lowest BCUT2D eigenvalue weighted by Crippen LogP contribution is -2.39. The molecule has 186 valence electrons. The van der Waals surface area contributed by atoms with Gasteiger partial charge in [0.05, 0.1) is 6.54 Å². The lowest BCUT2D eigenvalue weighted by Gasteiger charge is -2.36. The average molecular weight is 524 g/mol. The first kappa shape index (κ1) is 25.2. The highest BCUT2D eigenvalue weighted by molar-refractivity contribution is 7.80. The van der Waals surface area contributed by atoms with Gasteiger partial charge >= 0.3 is 6.18 Å². The molecule has 0 spiro atoms. The highest BCUT2D eigenvalue weighted by atomic mass is 35.5. The number of rotatable bonds is 5. The van der Waals surface area contributed by atoms with Crippen LogP contribution >= 0.6 is 23.8 Å². The molecule has 0 aliphatic carbocycles. The summed E-state index contributed by atoms with van der Waals surface area (Å²) in [6.45, 7) is 5.66. The van der Waals surface area contributed by atoms with E-state index in [4.69, 9.17) is 28.2 Å². The number of hydrogen-bond donors (Lipinski definition) is 2. The Morgan fingerprint density at radius 2 is 1.80 bits per heavy atom. The van der Waals surface area contributed by atoms with Gasteiger partial charge in [-0.1, -0.05) is 25.4 Å². The van der Waals surface area contributed by atoms with Gasteiger partial charge in [0.25, 0.3) is 0 Å². The van der Waals surface area contributed by atoms with E-state index >= 15 is 0 Å². The number of anilines is 2. The molecule has 1 saturated heterocycles. The third-order valence-corrected chi connectivity index (χ3v) is 6.13. The van der Waals surface area contributed by atoms with Gasteiger partial charge in [-0.25, -0.2) is 4.98 Å². The van der Waals surface area contributed by atoms with E-state index in [-0.39, 0.29) is 23.4 Å². The molecule has 35 heavy (non-hydrogen) atoms. The van der Waals surface area contributed by atoms with Crippen molar-refractivity contribution in [2.24, 2.45) is 11.8 Å². The summed E-state index contributed by atoms with van der Waals surface area (Å²) in [6.07, 6.45) is -3.58. The van der Waals surface area contributed by atoms with E-state index in [0.717, 1.165) is 18.1 Å². The van der Waals surface area contributed by atoms with E-state index in [1.54, 1.807) is 18.2 Å². The number of benzene rings is 1. The van der Waals surface area contributed by atoms with Crippen LogP contribution in [-0.4, -0.2) is 28.2 Å². The SMILES string of the molecule is CC1CC(C)CN(c2cc(C(F)(F)F)nc(NC(=S)NCc3ccc(-c4ccc(Cl)cc4)o3)n2)C1. The maximum absolute atomic E-state index is 13.5. The molecule has 0 amide bonds. The van der Waals surface area contributed by atoms with Crippen molar-refractivity contribution in [1.82, 2.24) is 15.3 Å². The van der Waals surface area contributed by atoms with Gasteiger partial charge in [-0.2, -0.15) is 18.2 Å². The largest absolute Gasteiger partial charge is 0.459 e. The quantitative estimate of drug-likeness (QED) is 0.376. The van der Waals surface area contributed by atoms with E-state index in [1.807, 2.05) is 23.1 Å². The van der Waals surface area contributed by atoms with Gasteiger partial charge in [0.2, 0.25) is 5.95 Å². The van der Waals surface area contributed by atoms with E-state index in [0.29, 0.717) is 41.5 Å². The summed E-state index contributed by atoms with van der Waals surface area (Å²) < 4.78 is 46.4. The standard InChI is InChI=1S/C24H25ClF3N5OS/c1-14-9-15(2)13-33(12-14)21-10-20(24(26,27)28)30-22(31-21)32-23(35)29-11-18-7-8-19(34-18)16-3-5-17(25)6-4-16/h3-8,10,14-15H,9,11-13H2,1-2H3,(H2,29,30,31,32,35). The number of hydrogen-bond acceptors (Lipinski definition) is 5. The minimum absolute atomic E-state index is 0.0834. The third-order valence-electron chi connectivity index (χ3n) is 5.63. The minimum atomic E-state index is -4.61. The molecule has 4 rings (SSSR count). The van der Waals surface area contributed by atoms with Crippen molar-refractivity contribution in [3.63, 3.8) is 0 Å². The van der Waals surface area contributed by atoms with Crippen molar-refractivity contribution in [3.05, 3.63) is 58.9 Å². The smallest absolute Gasteiger partial charge is 0.433 e. The number of halogens is 4. The van der Waals surface area contributed by atoms with Crippen molar-refractivity contribution in [2.45, 2.75) is 33.0 Å². The van der Waals surface area contributed by atoms with Gasteiger partial charge < -0.3 is 20.0 Å². The van der Waals surface area contributed by atoms with Crippen LogP contribution in [0.25, 0.3) is 11.3 Å². The summed E-state index contributed by atoms with van der Waals surface area (Å²) in [6, 6.07) is 11.8. The highest BCUT2D eigenvalue weighted by Gasteiger charge is 2.35. The third kappa shape index (κ3) is 6.64. The Balaban J connectivity index is 1.44. The molecule has 3 aromatic rings. The number of piperidine rings is 1. The molecule has 2 unspecified atom stereocenters. The number of aromatic nitrogens is 2. The Morgan fingerprint density at radius 3 is 2.46 bits per heavy atom. The molecule has 3 heterocycles. The van der Waals surface area contributed by atoms with Crippen molar-refractivity contribution in [2.75, 3.05) is 23.3 Å². The molecule has 0 bridgehead atoms. The molecular formula is C24H25ClF3N5OS. The zero-order valence-electron chi connectivity index (χ0n) is 19.2. The molecule has 1 fully saturated rings. The van der Waals surface area contributed by atoms with E-state index < -0.39 is 11.9 Å². The fraction of sp³-hybridized carbons (Fsp3) is 0.375. The van der Waals surface area contributed by atoms with Crippen molar-refractivity contribution < 1.29 is 17.6 Å². The summed E-state index contributed by atoms with van der Waals surface area (Å²) >= 11 is 11.2. The predicted octanol–water partition coefficient (Wildman–Crippen LogP) is 6.38. The van der Waals surface area contributed by atoms with E-state index in [1.165, 1.54) is 0 Å². The molecule has 0 saturated carbocycles. The summed E-state index contributed by atoms with van der Waals surface area (Å²) in [7, 11) is 0. The maximum atomic E-state index is 13.5. The van der Waals surface area contributed by atoms with Crippen molar-refractivity contribution in [3.8, 4) is 11.3 Å². The first-order valence-electron chi connectivity index (χ1n) is 11.2. The van der Waals surface area contributed by atoms with Gasteiger partial charge in [0.1, 0.15) is 17.3 Å². The van der Waals surface area contributed by atoms with Crippen molar-refractivity contribution >= 4 is 40.7 Å². The van der Waals surface area contributed by atoms with Gasteiger partial charge in [0, 0.05) is 29.7 Å². The summed E-state index contributed by atoms with van der Waals surface area (Å²) in [5.41, 5.74) is -0.148. The van der Waals surface area contributed by atoms with Gasteiger partial charge in [0.15, 0.2) is 10.8 Å². The number of nitrogens with zero attached hydrogens (tertiary/aromatic N) is 3. The molecule has 2 N–H and O–H groups in total. The Bertz CT molecular complexity index is 1170. The lowest BCUT2D eigenvalue weighted by molar-refractivity contribution is -0.141. The Morgan fingerprint density at radius 1 is 1.11 bits per heavy atom. The number of nitrogens with one attached hydrogen (secondary N) is 2. The number of furan rings is 1. The molecule has 1 aromatic carbocycles. The second kappa shape index (κ2) is 10.4. The minimum Gasteiger partial charge on any atom is -0.459 e. The topological polar surface area (TPSA) is 66.2 Å². The highest BCUT2D eigenvalue weighted by Crippen LogP contribution is 2.32. The lowest BCUT2D eigenvalue weighted by atomic mass is 9.92. The Labute approximate surface area is 211 Å². The molecule has 2 atom stereocenters. The molecule has 0 radical (unpaired) electrons. The number of alkyl halides is 3. The van der Waals surface area contributed by atoms with Crippen LogP contribution in [0.5, 0.6) is 0 Å². The molecule has 1 aliphatic rings. The van der Waals surface area contributed by atoms with Crippen LogP contribution in [0, 0.1) is 11.8 Å². The monoisotopic (exact) mass is 523 g/mol. The van der Waals surface area contributed by atoms with Crippen LogP contribution in [0.3, 0.4) is 0 Å². The Hall–Kier alpha value is -2.85. The van der Waals surface area contributed by atoms with Crippen LogP contribution < -0.4 is 15.5 Å². The summed E-state index contributed by atoms with van der Waals surface area (Å²) in [5, 5.41) is 6.32. The molecule has 11 heteroatoms. The second-order valence-electron chi connectivity index (χ2n) is 8.86. The fourth-order valence-corrected chi connectivity index (χ4v) is 4.49. The normalized spacial score (nSPS) is 18.4.